The lowest BCUT2D eigenvalue weighted by Gasteiger charge is -2.33. The molecular formula is C22H24N2O2S. The van der Waals surface area contributed by atoms with Crippen LogP contribution in [0.2, 0.25) is 0 Å². The first-order valence-corrected chi connectivity index (χ1v) is 10.3. The van der Waals surface area contributed by atoms with Crippen molar-refractivity contribution in [3.05, 3.63) is 59.1 Å². The van der Waals surface area contributed by atoms with Gasteiger partial charge in [0.05, 0.1) is 15.2 Å². The van der Waals surface area contributed by atoms with Crippen molar-refractivity contribution in [2.75, 3.05) is 13.1 Å². The zero-order valence-corrected chi connectivity index (χ0v) is 16.5. The average molecular weight is 381 g/mol. The lowest BCUT2D eigenvalue weighted by Crippen LogP contribution is -2.45. The number of piperidine rings is 1. The summed E-state index contributed by atoms with van der Waals surface area (Å²) < 4.78 is 7.08. The predicted molar refractivity (Wildman–Crippen MR) is 109 cm³/mol. The topological polar surface area (TPSA) is 42.4 Å². The molecule has 0 radical (unpaired) electrons. The Bertz CT molecular complexity index is 902. The molecule has 3 aromatic rings. The Balaban J connectivity index is 1.43. The third-order valence-electron chi connectivity index (χ3n) is 5.07. The van der Waals surface area contributed by atoms with E-state index in [2.05, 4.69) is 12.1 Å². The number of hydrogen-bond acceptors (Lipinski definition) is 4. The number of fused-ring (bicyclic) bond motifs is 1. The van der Waals surface area contributed by atoms with Gasteiger partial charge in [0.25, 0.3) is 5.91 Å². The number of hydrogen-bond donors (Lipinski definition) is 0. The number of nitrogens with zero attached hydrogens (tertiary/aromatic N) is 2. The molecule has 2 aromatic carbocycles. The van der Waals surface area contributed by atoms with E-state index in [9.17, 15) is 4.79 Å². The van der Waals surface area contributed by atoms with Crippen LogP contribution in [0.4, 0.5) is 0 Å². The van der Waals surface area contributed by atoms with Crippen LogP contribution in [0, 0.1) is 6.92 Å². The highest BCUT2D eigenvalue weighted by atomic mass is 32.1. The van der Waals surface area contributed by atoms with Crippen molar-refractivity contribution < 1.29 is 9.53 Å². The van der Waals surface area contributed by atoms with Gasteiger partial charge in [-0.1, -0.05) is 29.8 Å². The normalized spacial score (nSPS) is 18.4. The fraction of sp³-hybridized carbons (Fsp3) is 0.364. The maximum Gasteiger partial charge on any atom is 0.263 e. The number of para-hydroxylation sites is 1. The molecule has 1 amide bonds. The van der Waals surface area contributed by atoms with E-state index < -0.39 is 6.10 Å². The van der Waals surface area contributed by atoms with E-state index in [1.54, 1.807) is 11.3 Å². The summed E-state index contributed by atoms with van der Waals surface area (Å²) in [7, 11) is 0. The minimum Gasteiger partial charge on any atom is -0.481 e. The molecule has 4 rings (SSSR count). The third kappa shape index (κ3) is 3.98. The molecular weight excluding hydrogens is 356 g/mol. The van der Waals surface area contributed by atoms with Gasteiger partial charge in [-0.05, 0) is 51.0 Å². The van der Waals surface area contributed by atoms with Gasteiger partial charge >= 0.3 is 0 Å². The summed E-state index contributed by atoms with van der Waals surface area (Å²) in [6.45, 7) is 5.39. The number of amides is 1. The van der Waals surface area contributed by atoms with Crippen molar-refractivity contribution in [3.8, 4) is 5.75 Å². The van der Waals surface area contributed by atoms with E-state index in [-0.39, 0.29) is 5.91 Å². The molecule has 2 heterocycles. The zero-order valence-electron chi connectivity index (χ0n) is 15.7. The van der Waals surface area contributed by atoms with Crippen molar-refractivity contribution in [1.82, 2.24) is 9.88 Å². The summed E-state index contributed by atoms with van der Waals surface area (Å²) in [5, 5.41) is 1.14. The summed E-state index contributed by atoms with van der Waals surface area (Å²) in [4.78, 5) is 19.6. The first-order valence-electron chi connectivity index (χ1n) is 9.48. The van der Waals surface area contributed by atoms with Crippen LogP contribution < -0.4 is 4.74 Å². The second-order valence-electron chi connectivity index (χ2n) is 7.22. The van der Waals surface area contributed by atoms with Gasteiger partial charge in [0.2, 0.25) is 0 Å². The SMILES string of the molecule is Cc1ccc(O[C@@H](C)C(=O)N2CCC[C@@H](c3nc4ccccc4s3)C2)cc1. The number of benzene rings is 2. The average Bonchev–Trinajstić information content (AvgIpc) is 3.13. The highest BCUT2D eigenvalue weighted by Gasteiger charge is 2.30. The molecule has 0 saturated carbocycles. The van der Waals surface area contributed by atoms with Gasteiger partial charge in [0, 0.05) is 19.0 Å². The van der Waals surface area contributed by atoms with Crippen LogP contribution >= 0.6 is 11.3 Å². The highest BCUT2D eigenvalue weighted by molar-refractivity contribution is 7.18. The van der Waals surface area contributed by atoms with Crippen LogP contribution in [0.5, 0.6) is 5.75 Å². The second kappa shape index (κ2) is 7.69. The van der Waals surface area contributed by atoms with Crippen LogP contribution in [-0.2, 0) is 4.79 Å². The van der Waals surface area contributed by atoms with Crippen LogP contribution in [0.25, 0.3) is 10.2 Å². The highest BCUT2D eigenvalue weighted by Crippen LogP contribution is 2.33. The molecule has 1 saturated heterocycles. The van der Waals surface area contributed by atoms with Crippen LogP contribution in [0.3, 0.4) is 0 Å². The van der Waals surface area contributed by atoms with Gasteiger partial charge in [0.1, 0.15) is 5.75 Å². The molecule has 1 fully saturated rings. The summed E-state index contributed by atoms with van der Waals surface area (Å²) in [5.74, 6) is 1.11. The molecule has 4 nitrogen and oxygen atoms in total. The zero-order chi connectivity index (χ0) is 18.8. The number of aryl methyl sites for hydroxylation is 1. The number of carbonyl (C=O) groups excluding carboxylic acids is 1. The quantitative estimate of drug-likeness (QED) is 0.654. The molecule has 0 bridgehead atoms. The molecule has 27 heavy (non-hydrogen) atoms. The third-order valence-corrected chi connectivity index (χ3v) is 6.27. The van der Waals surface area contributed by atoms with Gasteiger partial charge in [-0.25, -0.2) is 4.98 Å². The van der Waals surface area contributed by atoms with Gasteiger partial charge in [-0.3, -0.25) is 4.79 Å². The Kier molecular flexibility index (Phi) is 5.12. The van der Waals surface area contributed by atoms with E-state index in [0.717, 1.165) is 42.2 Å². The molecule has 0 N–H and O–H groups in total. The largest absolute Gasteiger partial charge is 0.481 e. The van der Waals surface area contributed by atoms with Crippen LogP contribution in [0.15, 0.2) is 48.5 Å². The Morgan fingerprint density at radius 1 is 1.22 bits per heavy atom. The maximum absolute atomic E-state index is 12.9. The standard InChI is InChI=1S/C22H24N2O2S/c1-15-9-11-18(12-10-15)26-16(2)22(25)24-13-5-6-17(14-24)21-23-19-7-3-4-8-20(19)27-21/h3-4,7-12,16-17H,5-6,13-14H2,1-2H3/t16-,17+/m0/s1. The molecule has 0 aliphatic carbocycles. The van der Waals surface area contributed by atoms with Crippen molar-refractivity contribution >= 4 is 27.5 Å². The molecule has 2 atom stereocenters. The Labute approximate surface area is 163 Å². The first-order chi connectivity index (χ1) is 13.1. The van der Waals surface area contributed by atoms with Crippen molar-refractivity contribution in [3.63, 3.8) is 0 Å². The number of aromatic nitrogens is 1. The van der Waals surface area contributed by atoms with E-state index in [1.807, 2.05) is 55.1 Å². The number of carbonyl (C=O) groups is 1. The summed E-state index contributed by atoms with van der Waals surface area (Å²) in [6.07, 6.45) is 1.60. The fourth-order valence-corrected chi connectivity index (χ4v) is 4.67. The Hall–Kier alpha value is -2.40. The number of thiazole rings is 1. The summed E-state index contributed by atoms with van der Waals surface area (Å²) in [6, 6.07) is 16.1. The van der Waals surface area contributed by atoms with Crippen molar-refractivity contribution in [2.24, 2.45) is 0 Å². The molecule has 140 valence electrons. The lowest BCUT2D eigenvalue weighted by atomic mass is 9.98. The summed E-state index contributed by atoms with van der Waals surface area (Å²) >= 11 is 1.75. The Morgan fingerprint density at radius 3 is 2.78 bits per heavy atom. The van der Waals surface area contributed by atoms with Gasteiger partial charge in [0.15, 0.2) is 6.10 Å². The predicted octanol–water partition coefficient (Wildman–Crippen LogP) is 4.78. The monoisotopic (exact) mass is 380 g/mol. The van der Waals surface area contributed by atoms with E-state index in [4.69, 9.17) is 9.72 Å². The molecule has 1 aromatic heterocycles. The Morgan fingerprint density at radius 2 is 2.00 bits per heavy atom. The molecule has 0 spiro atoms. The minimum absolute atomic E-state index is 0.0568. The molecule has 1 aliphatic heterocycles. The molecule has 1 aliphatic rings. The van der Waals surface area contributed by atoms with Crippen LogP contribution in [0.1, 0.15) is 36.3 Å². The van der Waals surface area contributed by atoms with Crippen molar-refractivity contribution in [2.45, 2.75) is 38.7 Å². The lowest BCUT2D eigenvalue weighted by molar-refractivity contribution is -0.139. The minimum atomic E-state index is -0.484. The number of likely N-dealkylation sites (tertiary alicyclic amines) is 1. The molecule has 0 unspecified atom stereocenters. The van der Waals surface area contributed by atoms with Gasteiger partial charge < -0.3 is 9.64 Å². The van der Waals surface area contributed by atoms with E-state index in [0.29, 0.717) is 5.92 Å². The van der Waals surface area contributed by atoms with E-state index >= 15 is 0 Å². The first kappa shape index (κ1) is 18.0. The van der Waals surface area contributed by atoms with Gasteiger partial charge in [-0.15, -0.1) is 11.3 Å². The van der Waals surface area contributed by atoms with Crippen LogP contribution in [-0.4, -0.2) is 35.0 Å². The number of rotatable bonds is 4. The second-order valence-corrected chi connectivity index (χ2v) is 8.28. The van der Waals surface area contributed by atoms with Gasteiger partial charge in [-0.2, -0.15) is 0 Å². The smallest absolute Gasteiger partial charge is 0.263 e. The number of ether oxygens (including phenoxy) is 1. The van der Waals surface area contributed by atoms with Crippen molar-refractivity contribution in [1.29, 1.82) is 0 Å². The van der Waals surface area contributed by atoms with E-state index in [1.165, 1.54) is 10.3 Å². The fourth-order valence-electron chi connectivity index (χ4n) is 3.57. The maximum atomic E-state index is 12.9. The summed E-state index contributed by atoms with van der Waals surface area (Å²) in [5.41, 5.74) is 2.23. The molecule has 5 heteroatoms.